The first kappa shape index (κ1) is 11.6. The lowest BCUT2D eigenvalue weighted by atomic mass is 10.1. The van der Waals surface area contributed by atoms with Crippen LogP contribution in [0.1, 0.15) is 0 Å². The van der Waals surface area contributed by atoms with Gasteiger partial charge in [-0.3, -0.25) is 0 Å². The molecule has 0 aliphatic heterocycles. The Balaban J connectivity index is 1.78. The van der Waals surface area contributed by atoms with E-state index in [-0.39, 0.29) is 0 Å². The number of aromatic amines is 2. The smallest absolute Gasteiger partial charge is 0.0465 e. The summed E-state index contributed by atoms with van der Waals surface area (Å²) in [5, 5.41) is 3.79. The molecule has 22 heavy (non-hydrogen) atoms. The molecule has 0 bridgehead atoms. The molecule has 0 saturated carbocycles. The summed E-state index contributed by atoms with van der Waals surface area (Å²) in [5.74, 6) is 0. The molecule has 5 rings (SSSR count). The third-order valence-electron chi connectivity index (χ3n) is 4.35. The molecule has 0 radical (unpaired) electrons. The van der Waals surface area contributed by atoms with Crippen molar-refractivity contribution >= 4 is 32.7 Å². The van der Waals surface area contributed by atoms with E-state index >= 15 is 0 Å². The lowest BCUT2D eigenvalue weighted by molar-refractivity contribution is 1.46. The average Bonchev–Trinajstić information content (AvgIpc) is 3.15. The standard InChI is InChI=1S/C20H14N2/c1-3-7-17-13(5-1)12-20(21-17)14-9-10-19-16(11-14)15-6-2-4-8-18(15)22-19/h1-12,21-22H. The molecule has 0 spiro atoms. The van der Waals surface area contributed by atoms with E-state index in [2.05, 4.69) is 82.8 Å². The van der Waals surface area contributed by atoms with Crippen molar-refractivity contribution in [2.24, 2.45) is 0 Å². The highest BCUT2D eigenvalue weighted by molar-refractivity contribution is 6.08. The van der Waals surface area contributed by atoms with Crippen LogP contribution in [-0.4, -0.2) is 9.97 Å². The molecule has 2 nitrogen and oxygen atoms in total. The highest BCUT2D eigenvalue weighted by Crippen LogP contribution is 2.30. The summed E-state index contributed by atoms with van der Waals surface area (Å²) in [7, 11) is 0. The Morgan fingerprint density at radius 1 is 0.545 bits per heavy atom. The number of rotatable bonds is 1. The van der Waals surface area contributed by atoms with E-state index < -0.39 is 0 Å². The predicted molar refractivity (Wildman–Crippen MR) is 93.1 cm³/mol. The fourth-order valence-corrected chi connectivity index (χ4v) is 3.24. The Kier molecular flexibility index (Phi) is 2.25. The van der Waals surface area contributed by atoms with Crippen molar-refractivity contribution in [2.45, 2.75) is 0 Å². The molecule has 104 valence electrons. The first-order chi connectivity index (χ1) is 10.9. The molecule has 0 fully saturated rings. The number of aromatic nitrogens is 2. The van der Waals surface area contributed by atoms with Crippen LogP contribution in [0.2, 0.25) is 0 Å². The number of H-pyrrole nitrogens is 2. The third kappa shape index (κ3) is 1.61. The van der Waals surface area contributed by atoms with Crippen LogP contribution in [0.25, 0.3) is 44.0 Å². The first-order valence-corrected chi connectivity index (χ1v) is 7.47. The van der Waals surface area contributed by atoms with E-state index in [0.717, 1.165) is 5.69 Å². The van der Waals surface area contributed by atoms with Gasteiger partial charge in [0.25, 0.3) is 0 Å². The van der Waals surface area contributed by atoms with Crippen LogP contribution in [0.4, 0.5) is 0 Å². The van der Waals surface area contributed by atoms with Crippen LogP contribution in [0.3, 0.4) is 0 Å². The average molecular weight is 282 g/mol. The fraction of sp³-hybridized carbons (Fsp3) is 0. The van der Waals surface area contributed by atoms with Crippen molar-refractivity contribution in [2.75, 3.05) is 0 Å². The number of nitrogens with one attached hydrogen (secondary N) is 2. The summed E-state index contributed by atoms with van der Waals surface area (Å²) in [6, 6.07) is 25.6. The highest BCUT2D eigenvalue weighted by Gasteiger charge is 2.07. The van der Waals surface area contributed by atoms with E-state index in [1.807, 2.05) is 0 Å². The summed E-state index contributed by atoms with van der Waals surface area (Å²) < 4.78 is 0. The fourth-order valence-electron chi connectivity index (χ4n) is 3.24. The van der Waals surface area contributed by atoms with Gasteiger partial charge < -0.3 is 9.97 Å². The van der Waals surface area contributed by atoms with Gasteiger partial charge in [0.05, 0.1) is 0 Å². The molecular weight excluding hydrogens is 268 g/mol. The lowest BCUT2D eigenvalue weighted by Crippen LogP contribution is -1.77. The number of benzene rings is 3. The van der Waals surface area contributed by atoms with Crippen LogP contribution in [0, 0.1) is 0 Å². The van der Waals surface area contributed by atoms with Gasteiger partial charge in [-0.05, 0) is 35.9 Å². The van der Waals surface area contributed by atoms with Gasteiger partial charge in [0.1, 0.15) is 0 Å². The Morgan fingerprint density at radius 3 is 2.23 bits per heavy atom. The largest absolute Gasteiger partial charge is 0.355 e. The van der Waals surface area contributed by atoms with Crippen molar-refractivity contribution in [1.29, 1.82) is 0 Å². The van der Waals surface area contributed by atoms with Gasteiger partial charge in [-0.2, -0.15) is 0 Å². The van der Waals surface area contributed by atoms with Gasteiger partial charge in [0, 0.05) is 38.4 Å². The van der Waals surface area contributed by atoms with Crippen molar-refractivity contribution in [3.63, 3.8) is 0 Å². The maximum Gasteiger partial charge on any atom is 0.0465 e. The second-order valence-electron chi connectivity index (χ2n) is 5.70. The number of hydrogen-bond acceptors (Lipinski definition) is 0. The molecule has 5 aromatic rings. The zero-order chi connectivity index (χ0) is 14.5. The molecule has 0 amide bonds. The Bertz CT molecular complexity index is 1100. The second kappa shape index (κ2) is 4.25. The summed E-state index contributed by atoms with van der Waals surface area (Å²) >= 11 is 0. The van der Waals surface area contributed by atoms with E-state index in [1.165, 1.54) is 38.3 Å². The number of para-hydroxylation sites is 2. The van der Waals surface area contributed by atoms with Crippen LogP contribution in [0.15, 0.2) is 72.8 Å². The molecule has 2 heterocycles. The Hall–Kier alpha value is -3.00. The van der Waals surface area contributed by atoms with Gasteiger partial charge in [-0.1, -0.05) is 42.5 Å². The van der Waals surface area contributed by atoms with Crippen molar-refractivity contribution < 1.29 is 0 Å². The molecular formula is C20H14N2. The summed E-state index contributed by atoms with van der Waals surface area (Å²) in [5.41, 5.74) is 5.92. The van der Waals surface area contributed by atoms with Crippen LogP contribution >= 0.6 is 0 Å². The molecule has 2 aromatic heterocycles. The quantitative estimate of drug-likeness (QED) is 0.408. The third-order valence-corrected chi connectivity index (χ3v) is 4.35. The van der Waals surface area contributed by atoms with Gasteiger partial charge in [-0.25, -0.2) is 0 Å². The van der Waals surface area contributed by atoms with Crippen molar-refractivity contribution in [1.82, 2.24) is 9.97 Å². The van der Waals surface area contributed by atoms with Gasteiger partial charge in [0.15, 0.2) is 0 Å². The SMILES string of the molecule is c1ccc2[nH]c(-c3ccc4[nH]c5ccccc5c4c3)cc2c1. The number of hydrogen-bond donors (Lipinski definition) is 2. The Labute approximate surface area is 127 Å². The topological polar surface area (TPSA) is 31.6 Å². The summed E-state index contributed by atoms with van der Waals surface area (Å²) in [6.45, 7) is 0. The monoisotopic (exact) mass is 282 g/mol. The zero-order valence-corrected chi connectivity index (χ0v) is 11.9. The van der Waals surface area contributed by atoms with Gasteiger partial charge >= 0.3 is 0 Å². The van der Waals surface area contributed by atoms with E-state index in [1.54, 1.807) is 0 Å². The summed E-state index contributed by atoms with van der Waals surface area (Å²) in [4.78, 5) is 6.98. The van der Waals surface area contributed by atoms with Crippen LogP contribution < -0.4 is 0 Å². The van der Waals surface area contributed by atoms with Gasteiger partial charge in [0.2, 0.25) is 0 Å². The minimum Gasteiger partial charge on any atom is -0.355 e. The van der Waals surface area contributed by atoms with Crippen LogP contribution in [0.5, 0.6) is 0 Å². The molecule has 0 saturated heterocycles. The molecule has 0 unspecified atom stereocenters. The lowest BCUT2D eigenvalue weighted by Gasteiger charge is -1.99. The molecule has 0 atom stereocenters. The minimum absolute atomic E-state index is 1.16. The molecule has 3 aromatic carbocycles. The molecule has 2 heteroatoms. The van der Waals surface area contributed by atoms with E-state index in [9.17, 15) is 0 Å². The van der Waals surface area contributed by atoms with E-state index in [4.69, 9.17) is 0 Å². The number of fused-ring (bicyclic) bond motifs is 4. The molecule has 0 aliphatic rings. The zero-order valence-electron chi connectivity index (χ0n) is 11.9. The predicted octanol–water partition coefficient (Wildman–Crippen LogP) is 5.47. The highest BCUT2D eigenvalue weighted by atomic mass is 14.7. The van der Waals surface area contributed by atoms with Crippen molar-refractivity contribution in [3.05, 3.63) is 72.8 Å². The van der Waals surface area contributed by atoms with Gasteiger partial charge in [-0.15, -0.1) is 0 Å². The maximum absolute atomic E-state index is 3.51. The first-order valence-electron chi connectivity index (χ1n) is 7.47. The molecule has 2 N–H and O–H groups in total. The normalized spacial score (nSPS) is 11.6. The van der Waals surface area contributed by atoms with Crippen molar-refractivity contribution in [3.8, 4) is 11.3 Å². The summed E-state index contributed by atoms with van der Waals surface area (Å²) in [6.07, 6.45) is 0. The molecule has 0 aliphatic carbocycles. The van der Waals surface area contributed by atoms with E-state index in [0.29, 0.717) is 0 Å². The van der Waals surface area contributed by atoms with Crippen LogP contribution in [-0.2, 0) is 0 Å². The second-order valence-corrected chi connectivity index (χ2v) is 5.70. The minimum atomic E-state index is 1.16. The maximum atomic E-state index is 3.51. The Morgan fingerprint density at radius 2 is 1.32 bits per heavy atom.